The lowest BCUT2D eigenvalue weighted by Crippen LogP contribution is -2.33. The summed E-state index contributed by atoms with van der Waals surface area (Å²) in [6.07, 6.45) is 3.94. The Morgan fingerprint density at radius 3 is 2.45 bits per heavy atom. The summed E-state index contributed by atoms with van der Waals surface area (Å²) in [5.41, 5.74) is 2.93. The molecular weight excluding hydrogens is 414 g/mol. The van der Waals surface area contributed by atoms with E-state index in [0.29, 0.717) is 31.1 Å². The predicted octanol–water partition coefficient (Wildman–Crippen LogP) is 5.43. The second-order valence-electron chi connectivity index (χ2n) is 8.15. The maximum atomic E-state index is 10.5. The van der Waals surface area contributed by atoms with Gasteiger partial charge in [-0.2, -0.15) is 5.10 Å². The molecule has 1 aromatic heterocycles. The number of benzene rings is 2. The zero-order valence-corrected chi connectivity index (χ0v) is 19.9. The summed E-state index contributed by atoms with van der Waals surface area (Å²) in [6.45, 7) is 8.01. The maximum absolute atomic E-state index is 10.5. The molecule has 0 radical (unpaired) electrons. The third-order valence-corrected chi connectivity index (χ3v) is 5.50. The van der Waals surface area contributed by atoms with E-state index >= 15 is 0 Å². The van der Waals surface area contributed by atoms with Crippen molar-refractivity contribution < 1.29 is 14.6 Å². The molecule has 2 aromatic carbocycles. The highest BCUT2D eigenvalue weighted by Gasteiger charge is 2.23. The van der Waals surface area contributed by atoms with Crippen LogP contribution in [0.3, 0.4) is 0 Å². The minimum atomic E-state index is -0.405. The number of aryl methyl sites for hydroxylation is 1. The topological polar surface area (TPSA) is 59.8 Å². The Morgan fingerprint density at radius 1 is 1.12 bits per heavy atom. The van der Waals surface area contributed by atoms with Crippen molar-refractivity contribution in [2.24, 2.45) is 7.05 Å². The van der Waals surface area contributed by atoms with Gasteiger partial charge in [0.05, 0.1) is 18.8 Å². The SMILES string of the molecule is C=CCC[C@H](O)CN(CCC)Cc1c(-c2ccccc2)nn(C)c1Oc1ccc(OC)cc1. The Bertz CT molecular complexity index is 999. The highest BCUT2D eigenvalue weighted by molar-refractivity contribution is 5.65. The number of aliphatic hydroxyl groups excluding tert-OH is 1. The highest BCUT2D eigenvalue weighted by Crippen LogP contribution is 2.34. The molecule has 6 heteroatoms. The Balaban J connectivity index is 1.95. The summed E-state index contributed by atoms with van der Waals surface area (Å²) in [6, 6.07) is 17.7. The second-order valence-corrected chi connectivity index (χ2v) is 8.15. The van der Waals surface area contributed by atoms with Gasteiger partial charge in [0.2, 0.25) is 5.88 Å². The molecule has 1 heterocycles. The Labute approximate surface area is 197 Å². The van der Waals surface area contributed by atoms with Crippen LogP contribution in [-0.4, -0.2) is 46.1 Å². The van der Waals surface area contributed by atoms with Crippen LogP contribution in [0.4, 0.5) is 0 Å². The smallest absolute Gasteiger partial charge is 0.222 e. The van der Waals surface area contributed by atoms with Gasteiger partial charge < -0.3 is 14.6 Å². The summed E-state index contributed by atoms with van der Waals surface area (Å²) in [7, 11) is 3.55. The molecule has 0 aliphatic carbocycles. The summed E-state index contributed by atoms with van der Waals surface area (Å²) in [4.78, 5) is 2.28. The van der Waals surface area contributed by atoms with Crippen LogP contribution in [0.25, 0.3) is 11.3 Å². The molecule has 6 nitrogen and oxygen atoms in total. The normalized spacial score (nSPS) is 12.0. The minimum absolute atomic E-state index is 0.405. The Hall–Kier alpha value is -3.09. The van der Waals surface area contributed by atoms with Crippen LogP contribution in [0.2, 0.25) is 0 Å². The third-order valence-electron chi connectivity index (χ3n) is 5.50. The molecule has 33 heavy (non-hydrogen) atoms. The van der Waals surface area contributed by atoms with E-state index in [-0.39, 0.29) is 0 Å². The number of ether oxygens (including phenoxy) is 2. The average molecular weight is 450 g/mol. The standard InChI is InChI=1S/C27H35N3O3/c1-5-7-13-22(31)19-30(18-6-2)20-25-26(21-11-9-8-10-12-21)28-29(3)27(25)33-24-16-14-23(32-4)15-17-24/h5,8-12,14-17,22,31H,1,6-7,13,18-20H2,2-4H3/t22-/m0/s1. The van der Waals surface area contributed by atoms with E-state index < -0.39 is 6.10 Å². The lowest BCUT2D eigenvalue weighted by Gasteiger charge is -2.25. The molecular formula is C27H35N3O3. The van der Waals surface area contributed by atoms with Crippen molar-refractivity contribution in [1.82, 2.24) is 14.7 Å². The fraction of sp³-hybridized carbons (Fsp3) is 0.370. The van der Waals surface area contributed by atoms with Gasteiger partial charge in [0.15, 0.2) is 0 Å². The van der Waals surface area contributed by atoms with Crippen LogP contribution in [0.15, 0.2) is 67.3 Å². The number of nitrogens with zero attached hydrogens (tertiary/aromatic N) is 3. The van der Waals surface area contributed by atoms with E-state index in [4.69, 9.17) is 14.6 Å². The van der Waals surface area contributed by atoms with Gasteiger partial charge in [-0.05, 0) is 50.1 Å². The number of rotatable bonds is 13. The average Bonchev–Trinajstić information content (AvgIpc) is 3.13. The van der Waals surface area contributed by atoms with E-state index in [1.54, 1.807) is 11.8 Å². The molecule has 0 aliphatic rings. The molecule has 0 fully saturated rings. The monoisotopic (exact) mass is 449 g/mol. The number of hydrogen-bond donors (Lipinski definition) is 1. The molecule has 3 rings (SSSR count). The van der Waals surface area contributed by atoms with Gasteiger partial charge in [-0.15, -0.1) is 6.58 Å². The number of hydrogen-bond acceptors (Lipinski definition) is 5. The fourth-order valence-corrected chi connectivity index (χ4v) is 3.88. The summed E-state index contributed by atoms with van der Waals surface area (Å²) in [5, 5.41) is 15.4. The van der Waals surface area contributed by atoms with E-state index in [9.17, 15) is 5.11 Å². The first-order valence-electron chi connectivity index (χ1n) is 11.5. The van der Waals surface area contributed by atoms with E-state index in [1.165, 1.54) is 0 Å². The molecule has 0 unspecified atom stereocenters. The molecule has 0 saturated carbocycles. The molecule has 3 aromatic rings. The zero-order valence-electron chi connectivity index (χ0n) is 19.9. The predicted molar refractivity (Wildman–Crippen MR) is 133 cm³/mol. The zero-order chi connectivity index (χ0) is 23.6. The van der Waals surface area contributed by atoms with E-state index in [0.717, 1.165) is 42.0 Å². The second kappa shape index (κ2) is 12.2. The molecule has 176 valence electrons. The van der Waals surface area contributed by atoms with Gasteiger partial charge in [-0.25, -0.2) is 4.68 Å². The first-order chi connectivity index (χ1) is 16.0. The largest absolute Gasteiger partial charge is 0.497 e. The van der Waals surface area contributed by atoms with Gasteiger partial charge in [0, 0.05) is 25.7 Å². The summed E-state index contributed by atoms with van der Waals surface area (Å²) >= 11 is 0. The minimum Gasteiger partial charge on any atom is -0.497 e. The molecule has 1 N–H and O–H groups in total. The molecule has 0 saturated heterocycles. The van der Waals surface area contributed by atoms with Gasteiger partial charge in [-0.1, -0.05) is 43.3 Å². The van der Waals surface area contributed by atoms with Gasteiger partial charge in [-0.3, -0.25) is 4.90 Å². The van der Waals surface area contributed by atoms with Gasteiger partial charge in [0.1, 0.15) is 17.2 Å². The fourth-order valence-electron chi connectivity index (χ4n) is 3.88. The number of methoxy groups -OCH3 is 1. The summed E-state index contributed by atoms with van der Waals surface area (Å²) in [5.74, 6) is 2.19. The summed E-state index contributed by atoms with van der Waals surface area (Å²) < 4.78 is 13.4. The number of allylic oxidation sites excluding steroid dienone is 1. The van der Waals surface area contributed by atoms with Crippen molar-refractivity contribution >= 4 is 0 Å². The number of aliphatic hydroxyl groups is 1. The lowest BCUT2D eigenvalue weighted by atomic mass is 10.1. The molecule has 1 atom stereocenters. The van der Waals surface area contributed by atoms with Crippen LogP contribution in [0, 0.1) is 0 Å². The van der Waals surface area contributed by atoms with Crippen molar-refractivity contribution in [3.8, 4) is 28.6 Å². The Morgan fingerprint density at radius 2 is 1.82 bits per heavy atom. The molecule has 0 amide bonds. The van der Waals surface area contributed by atoms with E-state index in [1.807, 2.05) is 55.6 Å². The molecule has 0 aliphatic heterocycles. The Kier molecular flexibility index (Phi) is 9.10. The van der Waals surface area contributed by atoms with Crippen LogP contribution < -0.4 is 9.47 Å². The van der Waals surface area contributed by atoms with Gasteiger partial charge in [0.25, 0.3) is 0 Å². The maximum Gasteiger partial charge on any atom is 0.222 e. The van der Waals surface area contributed by atoms with Crippen LogP contribution in [0.1, 0.15) is 31.7 Å². The van der Waals surface area contributed by atoms with Crippen molar-refractivity contribution in [2.45, 2.75) is 38.8 Å². The highest BCUT2D eigenvalue weighted by atomic mass is 16.5. The first-order valence-corrected chi connectivity index (χ1v) is 11.5. The molecule has 0 bridgehead atoms. The van der Waals surface area contributed by atoms with Crippen molar-refractivity contribution in [2.75, 3.05) is 20.2 Å². The first kappa shape index (κ1) is 24.6. The van der Waals surface area contributed by atoms with Crippen molar-refractivity contribution in [3.63, 3.8) is 0 Å². The van der Waals surface area contributed by atoms with Gasteiger partial charge >= 0.3 is 0 Å². The van der Waals surface area contributed by atoms with Crippen LogP contribution >= 0.6 is 0 Å². The third kappa shape index (κ3) is 6.70. The van der Waals surface area contributed by atoms with Crippen LogP contribution in [-0.2, 0) is 13.6 Å². The van der Waals surface area contributed by atoms with Crippen LogP contribution in [0.5, 0.6) is 17.4 Å². The molecule has 0 spiro atoms. The quantitative estimate of drug-likeness (QED) is 0.353. The van der Waals surface area contributed by atoms with Crippen molar-refractivity contribution in [3.05, 3.63) is 72.8 Å². The van der Waals surface area contributed by atoms with E-state index in [2.05, 4.69) is 30.5 Å². The number of aromatic nitrogens is 2. The lowest BCUT2D eigenvalue weighted by molar-refractivity contribution is 0.102. The van der Waals surface area contributed by atoms with Crippen molar-refractivity contribution in [1.29, 1.82) is 0 Å².